The second-order valence-electron chi connectivity index (χ2n) is 7.84. The molecular weight excluding hydrogens is 532 g/mol. The molecule has 0 atom stereocenters. The maximum atomic E-state index is 10.6. The minimum atomic E-state index is -1.07. The molecule has 0 unspecified atom stereocenters. The molecule has 14 heteroatoms. The van der Waals surface area contributed by atoms with Crippen LogP contribution in [-0.2, 0) is 37.9 Å². The molecule has 0 aromatic heterocycles. The first-order valence-electron chi connectivity index (χ1n) is 13.1. The molecule has 0 saturated carbocycles. The molecule has 0 fully saturated rings. The molecule has 14 nitrogen and oxygen atoms in total. The third-order valence-electron chi connectivity index (χ3n) is 4.75. The number of rotatable bonds is 28. The molecule has 0 radical (unpaired) electrons. The van der Waals surface area contributed by atoms with E-state index in [9.17, 15) is 14.9 Å². The molecule has 0 heterocycles. The van der Waals surface area contributed by atoms with Gasteiger partial charge in [-0.1, -0.05) is 12.2 Å². The van der Waals surface area contributed by atoms with Gasteiger partial charge in [0, 0.05) is 18.7 Å². The van der Waals surface area contributed by atoms with E-state index in [0.717, 1.165) is 5.56 Å². The van der Waals surface area contributed by atoms with Gasteiger partial charge >= 0.3 is 6.09 Å². The van der Waals surface area contributed by atoms with Gasteiger partial charge in [0.15, 0.2) is 0 Å². The molecule has 0 aliphatic carbocycles. The molecule has 0 bridgehead atoms. The van der Waals surface area contributed by atoms with E-state index >= 15 is 0 Å². The fourth-order valence-electron chi connectivity index (χ4n) is 2.81. The first-order chi connectivity index (χ1) is 19.6. The maximum absolute atomic E-state index is 10.6. The highest BCUT2D eigenvalue weighted by Crippen LogP contribution is 2.12. The largest absolute Gasteiger partial charge is 0.465 e. The second kappa shape index (κ2) is 26.5. The van der Waals surface area contributed by atoms with E-state index in [-0.39, 0.29) is 12.2 Å². The molecule has 0 aliphatic heterocycles. The number of nitrogens with zero attached hydrogens (tertiary/aromatic N) is 1. The van der Waals surface area contributed by atoms with Crippen LogP contribution < -0.4 is 5.32 Å². The van der Waals surface area contributed by atoms with Crippen molar-refractivity contribution in [2.75, 3.05) is 112 Å². The van der Waals surface area contributed by atoms with E-state index in [2.05, 4.69) is 5.32 Å². The fraction of sp³-hybridized carbons (Fsp3) is 0.654. The SMILES string of the molecule is O=C(O)NCCOCCOCCOCCOCCOCCOCCOCCOC/C=C/c1ccc([N+](=O)[O-])cc1. The average Bonchev–Trinajstić information content (AvgIpc) is 2.94. The zero-order valence-electron chi connectivity index (χ0n) is 22.9. The normalized spacial score (nSPS) is 11.3. The minimum absolute atomic E-state index is 0.0669. The van der Waals surface area contributed by atoms with Crippen molar-refractivity contribution in [3.05, 3.63) is 46.0 Å². The summed E-state index contributed by atoms with van der Waals surface area (Å²) in [5.74, 6) is 0. The lowest BCUT2D eigenvalue weighted by Crippen LogP contribution is -2.25. The monoisotopic (exact) mass is 574 g/mol. The highest BCUT2D eigenvalue weighted by molar-refractivity contribution is 5.64. The molecule has 0 saturated heterocycles. The minimum Gasteiger partial charge on any atom is -0.465 e. The van der Waals surface area contributed by atoms with Crippen molar-refractivity contribution in [2.24, 2.45) is 0 Å². The Morgan fingerprint density at radius 2 is 1.05 bits per heavy atom. The van der Waals surface area contributed by atoms with Crippen molar-refractivity contribution in [1.82, 2.24) is 5.32 Å². The summed E-state index contributed by atoms with van der Waals surface area (Å²) in [5.41, 5.74) is 0.937. The van der Waals surface area contributed by atoms with E-state index < -0.39 is 11.0 Å². The molecule has 1 aromatic carbocycles. The Hall–Kier alpha value is -2.69. The number of nitrogens with one attached hydrogen (secondary N) is 1. The number of hydrogen-bond acceptors (Lipinski definition) is 11. The van der Waals surface area contributed by atoms with Crippen molar-refractivity contribution in [1.29, 1.82) is 0 Å². The van der Waals surface area contributed by atoms with Crippen LogP contribution in [-0.4, -0.2) is 128 Å². The lowest BCUT2D eigenvalue weighted by atomic mass is 10.2. The number of ether oxygens (including phenoxy) is 8. The van der Waals surface area contributed by atoms with Gasteiger partial charge in [-0.15, -0.1) is 0 Å². The summed E-state index contributed by atoms with van der Waals surface area (Å²) >= 11 is 0. The Morgan fingerprint density at radius 3 is 1.43 bits per heavy atom. The maximum Gasteiger partial charge on any atom is 0.404 e. The number of carbonyl (C=O) groups is 1. The van der Waals surface area contributed by atoms with Crippen LogP contribution in [0.4, 0.5) is 10.5 Å². The van der Waals surface area contributed by atoms with Crippen molar-refractivity contribution in [3.63, 3.8) is 0 Å². The summed E-state index contributed by atoms with van der Waals surface area (Å²) in [6.07, 6.45) is 2.62. The first kappa shape index (κ1) is 35.3. The van der Waals surface area contributed by atoms with Crippen molar-refractivity contribution in [3.8, 4) is 0 Å². The van der Waals surface area contributed by atoms with E-state index in [0.29, 0.717) is 106 Å². The van der Waals surface area contributed by atoms with Gasteiger partial charge in [0.2, 0.25) is 0 Å². The molecule has 1 rings (SSSR count). The zero-order valence-corrected chi connectivity index (χ0v) is 22.9. The van der Waals surface area contributed by atoms with Crippen LogP contribution in [0.25, 0.3) is 6.08 Å². The Morgan fingerprint density at radius 1 is 0.675 bits per heavy atom. The van der Waals surface area contributed by atoms with E-state index in [1.807, 2.05) is 12.2 Å². The van der Waals surface area contributed by atoms with Crippen LogP contribution in [0.1, 0.15) is 5.56 Å². The Labute approximate surface area is 234 Å². The van der Waals surface area contributed by atoms with Crippen molar-refractivity contribution in [2.45, 2.75) is 0 Å². The number of benzene rings is 1. The van der Waals surface area contributed by atoms with Gasteiger partial charge in [-0.05, 0) is 17.7 Å². The Balaban J connectivity index is 1.71. The lowest BCUT2D eigenvalue weighted by Gasteiger charge is -2.08. The summed E-state index contributed by atoms with van der Waals surface area (Å²) in [7, 11) is 0. The predicted octanol–water partition coefficient (Wildman–Crippen LogP) is 2.01. The van der Waals surface area contributed by atoms with Gasteiger partial charge in [0.1, 0.15) is 0 Å². The number of nitro benzene ring substituents is 1. The third-order valence-corrected chi connectivity index (χ3v) is 4.75. The van der Waals surface area contributed by atoms with Gasteiger partial charge in [-0.3, -0.25) is 10.1 Å². The van der Waals surface area contributed by atoms with Crippen LogP contribution >= 0.6 is 0 Å². The van der Waals surface area contributed by atoms with Crippen molar-refractivity contribution < 1.29 is 52.7 Å². The van der Waals surface area contributed by atoms with E-state index in [1.165, 1.54) is 12.1 Å². The molecule has 40 heavy (non-hydrogen) atoms. The summed E-state index contributed by atoms with van der Waals surface area (Å²) in [6.45, 7) is 7.40. The number of amides is 1. The number of hydrogen-bond donors (Lipinski definition) is 2. The van der Waals surface area contributed by atoms with Crippen LogP contribution in [0.15, 0.2) is 30.3 Å². The van der Waals surface area contributed by atoms with Gasteiger partial charge in [0.05, 0.1) is 111 Å². The standard InChI is InChI=1S/C26H42N2O12/c29-26(30)27-7-9-34-11-13-36-15-17-38-19-21-40-23-22-39-20-18-37-16-14-35-12-10-33-8-1-2-24-3-5-25(6-4-24)28(31)32/h1-6,27H,7-23H2,(H,29,30)/b2-1+. The smallest absolute Gasteiger partial charge is 0.404 e. The van der Waals surface area contributed by atoms with Gasteiger partial charge in [0.25, 0.3) is 5.69 Å². The number of nitro groups is 1. The molecule has 1 aromatic rings. The number of non-ortho nitro benzene ring substituents is 1. The summed E-state index contributed by atoms with van der Waals surface area (Å²) in [6, 6.07) is 6.30. The Kier molecular flexibility index (Phi) is 23.4. The van der Waals surface area contributed by atoms with Gasteiger partial charge in [-0.2, -0.15) is 0 Å². The predicted molar refractivity (Wildman–Crippen MR) is 145 cm³/mol. The number of carboxylic acid groups (broad SMARTS) is 1. The highest BCUT2D eigenvalue weighted by atomic mass is 16.6. The fourth-order valence-corrected chi connectivity index (χ4v) is 2.81. The molecule has 1 amide bonds. The van der Waals surface area contributed by atoms with Gasteiger partial charge < -0.3 is 48.3 Å². The van der Waals surface area contributed by atoms with Crippen LogP contribution in [0.5, 0.6) is 0 Å². The molecule has 2 N–H and O–H groups in total. The van der Waals surface area contributed by atoms with Crippen molar-refractivity contribution >= 4 is 17.9 Å². The van der Waals surface area contributed by atoms with Crippen LogP contribution in [0, 0.1) is 10.1 Å². The van der Waals surface area contributed by atoms with Gasteiger partial charge in [-0.25, -0.2) is 4.79 Å². The molecule has 0 aliphatic rings. The topological polar surface area (TPSA) is 166 Å². The summed E-state index contributed by atoms with van der Waals surface area (Å²) < 4.78 is 43.1. The quantitative estimate of drug-likeness (QED) is 0.0850. The first-order valence-corrected chi connectivity index (χ1v) is 13.1. The summed E-state index contributed by atoms with van der Waals surface area (Å²) in [4.78, 5) is 20.4. The second-order valence-corrected chi connectivity index (χ2v) is 7.84. The highest BCUT2D eigenvalue weighted by Gasteiger charge is 2.02. The lowest BCUT2D eigenvalue weighted by molar-refractivity contribution is -0.384. The average molecular weight is 575 g/mol. The van der Waals surface area contributed by atoms with Crippen LogP contribution in [0.2, 0.25) is 0 Å². The molecule has 0 spiro atoms. The molecular formula is C26H42N2O12. The molecule has 228 valence electrons. The zero-order chi connectivity index (χ0) is 28.9. The van der Waals surface area contributed by atoms with Crippen LogP contribution in [0.3, 0.4) is 0 Å². The Bertz CT molecular complexity index is 779. The summed E-state index contributed by atoms with van der Waals surface area (Å²) in [5, 5.41) is 21.2. The van der Waals surface area contributed by atoms with E-state index in [4.69, 9.17) is 43.0 Å². The third kappa shape index (κ3) is 23.2. The van der Waals surface area contributed by atoms with E-state index in [1.54, 1.807) is 12.1 Å².